The van der Waals surface area contributed by atoms with Gasteiger partial charge in [0, 0.05) is 5.92 Å². The molecule has 0 spiro atoms. The Kier molecular flexibility index (Phi) is 5.91. The zero-order valence-electron chi connectivity index (χ0n) is 15.5. The van der Waals surface area contributed by atoms with Crippen LogP contribution in [0.4, 0.5) is 0 Å². The number of fused-ring (bicyclic) bond motifs is 1. The first-order chi connectivity index (χ1) is 12.5. The van der Waals surface area contributed by atoms with Crippen LogP contribution in [0.25, 0.3) is 11.0 Å². The van der Waals surface area contributed by atoms with Gasteiger partial charge in [0.2, 0.25) is 11.8 Å². The van der Waals surface area contributed by atoms with Crippen LogP contribution < -0.4 is 10.6 Å². The number of para-hydroxylation sites is 2. The molecule has 1 aromatic heterocycles. The van der Waals surface area contributed by atoms with Gasteiger partial charge in [0.05, 0.1) is 17.6 Å². The third kappa shape index (κ3) is 4.42. The summed E-state index contributed by atoms with van der Waals surface area (Å²) in [6.45, 7) is 4.22. The van der Waals surface area contributed by atoms with Gasteiger partial charge in [-0.15, -0.1) is 0 Å². The van der Waals surface area contributed by atoms with Crippen LogP contribution in [-0.2, 0) is 16.1 Å². The number of imidazole rings is 1. The van der Waals surface area contributed by atoms with Crippen molar-refractivity contribution in [2.45, 2.75) is 58.5 Å². The highest BCUT2D eigenvalue weighted by Crippen LogP contribution is 2.24. The summed E-state index contributed by atoms with van der Waals surface area (Å²) in [7, 11) is 0. The summed E-state index contributed by atoms with van der Waals surface area (Å²) < 4.78 is 0. The van der Waals surface area contributed by atoms with Crippen molar-refractivity contribution in [2.75, 3.05) is 0 Å². The predicted octanol–water partition coefficient (Wildman–Crippen LogP) is 2.90. The fraction of sp³-hybridized carbons (Fsp3) is 0.550. The minimum absolute atomic E-state index is 0.0160. The molecular formula is C20H28N4O2. The molecule has 1 atom stereocenters. The molecule has 140 valence electrons. The maximum atomic E-state index is 12.6. The molecule has 0 aliphatic heterocycles. The zero-order valence-corrected chi connectivity index (χ0v) is 15.5. The molecular weight excluding hydrogens is 328 g/mol. The van der Waals surface area contributed by atoms with E-state index in [1.165, 1.54) is 6.42 Å². The van der Waals surface area contributed by atoms with E-state index < -0.39 is 6.04 Å². The van der Waals surface area contributed by atoms with Crippen LogP contribution in [0.3, 0.4) is 0 Å². The molecule has 2 amide bonds. The monoisotopic (exact) mass is 356 g/mol. The zero-order chi connectivity index (χ0) is 18.5. The van der Waals surface area contributed by atoms with Gasteiger partial charge in [-0.05, 0) is 30.9 Å². The molecule has 1 fully saturated rings. The number of hydrogen-bond donors (Lipinski definition) is 3. The Morgan fingerprint density at radius 3 is 2.62 bits per heavy atom. The molecule has 26 heavy (non-hydrogen) atoms. The molecule has 6 heteroatoms. The Morgan fingerprint density at radius 1 is 1.19 bits per heavy atom. The second-order valence-corrected chi connectivity index (χ2v) is 7.48. The molecule has 1 aromatic carbocycles. The lowest BCUT2D eigenvalue weighted by molar-refractivity contribution is -0.132. The minimum Gasteiger partial charge on any atom is -0.347 e. The van der Waals surface area contributed by atoms with Gasteiger partial charge in [-0.25, -0.2) is 4.98 Å². The summed E-state index contributed by atoms with van der Waals surface area (Å²) in [6, 6.07) is 7.24. The standard InChI is InChI=1S/C20H28N4O2/c1-13(2)18(24-19(25)14-8-4-3-5-9-14)20(26)21-12-17-22-15-10-6-7-11-16(15)23-17/h6-7,10-11,13-14,18H,3-5,8-9,12H2,1-2H3,(H,21,26)(H,22,23)(H,24,25). The van der Waals surface area contributed by atoms with Crippen molar-refractivity contribution in [3.05, 3.63) is 30.1 Å². The average molecular weight is 356 g/mol. The lowest BCUT2D eigenvalue weighted by atomic mass is 9.88. The van der Waals surface area contributed by atoms with E-state index in [4.69, 9.17) is 0 Å². The molecule has 6 nitrogen and oxygen atoms in total. The van der Waals surface area contributed by atoms with Crippen molar-refractivity contribution in [1.82, 2.24) is 20.6 Å². The molecule has 2 aromatic rings. The molecule has 1 saturated carbocycles. The first-order valence-corrected chi connectivity index (χ1v) is 9.56. The van der Waals surface area contributed by atoms with Crippen molar-refractivity contribution in [2.24, 2.45) is 11.8 Å². The lowest BCUT2D eigenvalue weighted by Crippen LogP contribution is -2.51. The van der Waals surface area contributed by atoms with E-state index in [0.29, 0.717) is 12.4 Å². The normalized spacial score (nSPS) is 16.6. The molecule has 1 aliphatic rings. The Labute approximate surface area is 154 Å². The van der Waals surface area contributed by atoms with Crippen LogP contribution in [0.2, 0.25) is 0 Å². The first-order valence-electron chi connectivity index (χ1n) is 9.56. The summed E-state index contributed by atoms with van der Waals surface area (Å²) in [4.78, 5) is 32.8. The maximum absolute atomic E-state index is 12.6. The fourth-order valence-corrected chi connectivity index (χ4v) is 3.54. The van der Waals surface area contributed by atoms with Gasteiger partial charge in [-0.3, -0.25) is 9.59 Å². The molecule has 1 heterocycles. The number of rotatable bonds is 6. The molecule has 3 rings (SSSR count). The van der Waals surface area contributed by atoms with Crippen LogP contribution in [0.5, 0.6) is 0 Å². The van der Waals surface area contributed by atoms with E-state index in [1.54, 1.807) is 0 Å². The SMILES string of the molecule is CC(C)C(NC(=O)C1CCCCC1)C(=O)NCc1nc2ccccc2[nH]1. The van der Waals surface area contributed by atoms with Gasteiger partial charge in [0.1, 0.15) is 11.9 Å². The second kappa shape index (κ2) is 8.34. The summed E-state index contributed by atoms with van der Waals surface area (Å²) in [5, 5.41) is 5.87. The molecule has 1 aliphatic carbocycles. The quantitative estimate of drug-likeness (QED) is 0.744. The van der Waals surface area contributed by atoms with Crippen LogP contribution in [0, 0.1) is 11.8 Å². The number of carbonyl (C=O) groups is 2. The third-order valence-corrected chi connectivity index (χ3v) is 5.09. The lowest BCUT2D eigenvalue weighted by Gasteiger charge is -2.26. The molecule has 0 saturated heterocycles. The predicted molar refractivity (Wildman–Crippen MR) is 101 cm³/mol. The molecule has 0 bridgehead atoms. The summed E-state index contributed by atoms with van der Waals surface area (Å²) in [5.74, 6) is 0.638. The van der Waals surface area contributed by atoms with E-state index in [-0.39, 0.29) is 23.7 Å². The van der Waals surface area contributed by atoms with E-state index in [1.807, 2.05) is 38.1 Å². The van der Waals surface area contributed by atoms with Crippen LogP contribution >= 0.6 is 0 Å². The number of aromatic amines is 1. The van der Waals surface area contributed by atoms with Crippen molar-refractivity contribution in [3.63, 3.8) is 0 Å². The highest BCUT2D eigenvalue weighted by molar-refractivity contribution is 5.88. The van der Waals surface area contributed by atoms with E-state index >= 15 is 0 Å². The Bertz CT molecular complexity index is 729. The fourth-order valence-electron chi connectivity index (χ4n) is 3.54. The smallest absolute Gasteiger partial charge is 0.243 e. The number of carbonyl (C=O) groups excluding carboxylic acids is 2. The van der Waals surface area contributed by atoms with Gasteiger partial charge < -0.3 is 15.6 Å². The van der Waals surface area contributed by atoms with Crippen LogP contribution in [-0.4, -0.2) is 27.8 Å². The molecule has 1 unspecified atom stereocenters. The highest BCUT2D eigenvalue weighted by Gasteiger charge is 2.28. The number of amides is 2. The Balaban J connectivity index is 1.58. The van der Waals surface area contributed by atoms with Crippen molar-refractivity contribution in [3.8, 4) is 0 Å². The maximum Gasteiger partial charge on any atom is 0.243 e. The number of nitrogens with one attached hydrogen (secondary N) is 3. The van der Waals surface area contributed by atoms with E-state index in [2.05, 4.69) is 20.6 Å². The number of aromatic nitrogens is 2. The number of hydrogen-bond acceptors (Lipinski definition) is 3. The largest absolute Gasteiger partial charge is 0.347 e. The average Bonchev–Trinajstić information content (AvgIpc) is 3.07. The van der Waals surface area contributed by atoms with Crippen LogP contribution in [0.1, 0.15) is 51.8 Å². The van der Waals surface area contributed by atoms with Crippen molar-refractivity contribution in [1.29, 1.82) is 0 Å². The van der Waals surface area contributed by atoms with Crippen molar-refractivity contribution >= 4 is 22.8 Å². The highest BCUT2D eigenvalue weighted by atomic mass is 16.2. The summed E-state index contributed by atoms with van der Waals surface area (Å²) in [5.41, 5.74) is 1.82. The Hall–Kier alpha value is -2.37. The van der Waals surface area contributed by atoms with Crippen LogP contribution in [0.15, 0.2) is 24.3 Å². The van der Waals surface area contributed by atoms with E-state index in [9.17, 15) is 9.59 Å². The number of benzene rings is 1. The van der Waals surface area contributed by atoms with Gasteiger partial charge in [-0.2, -0.15) is 0 Å². The summed E-state index contributed by atoms with van der Waals surface area (Å²) in [6.07, 6.45) is 5.26. The third-order valence-electron chi connectivity index (χ3n) is 5.09. The summed E-state index contributed by atoms with van der Waals surface area (Å²) >= 11 is 0. The van der Waals surface area contributed by atoms with Crippen molar-refractivity contribution < 1.29 is 9.59 Å². The molecule has 0 radical (unpaired) electrons. The molecule has 3 N–H and O–H groups in total. The van der Waals surface area contributed by atoms with Gasteiger partial charge in [0.15, 0.2) is 0 Å². The Morgan fingerprint density at radius 2 is 1.92 bits per heavy atom. The van der Waals surface area contributed by atoms with Gasteiger partial charge >= 0.3 is 0 Å². The second-order valence-electron chi connectivity index (χ2n) is 7.48. The van der Waals surface area contributed by atoms with Gasteiger partial charge in [0.25, 0.3) is 0 Å². The van der Waals surface area contributed by atoms with Gasteiger partial charge in [-0.1, -0.05) is 45.2 Å². The minimum atomic E-state index is -0.520. The first kappa shape index (κ1) is 18.4. The number of H-pyrrole nitrogens is 1. The van der Waals surface area contributed by atoms with E-state index in [0.717, 1.165) is 36.7 Å². The topological polar surface area (TPSA) is 86.9 Å². The number of nitrogens with zero attached hydrogens (tertiary/aromatic N) is 1.